The van der Waals surface area contributed by atoms with Crippen LogP contribution in [0.1, 0.15) is 27.5 Å². The fourth-order valence-corrected chi connectivity index (χ4v) is 2.11. The number of aromatic nitrogens is 1. The number of pyridine rings is 1. The summed E-state index contributed by atoms with van der Waals surface area (Å²) in [6.45, 7) is 0. The lowest BCUT2D eigenvalue weighted by atomic mass is 9.99. The van der Waals surface area contributed by atoms with Gasteiger partial charge < -0.3 is 5.32 Å². The molecular weight excluding hydrogens is 219 g/mol. The van der Waals surface area contributed by atoms with Gasteiger partial charge in [0.2, 0.25) is 0 Å². The fraction of sp³-hybridized carbons (Fsp3) is 0.0769. The predicted molar refractivity (Wildman–Crippen MR) is 59.9 cm³/mol. The van der Waals surface area contributed by atoms with Crippen molar-refractivity contribution < 1.29 is 9.18 Å². The van der Waals surface area contributed by atoms with Gasteiger partial charge in [-0.2, -0.15) is 0 Å². The first-order valence-corrected chi connectivity index (χ1v) is 5.26. The van der Waals surface area contributed by atoms with Gasteiger partial charge >= 0.3 is 0 Å². The van der Waals surface area contributed by atoms with Crippen LogP contribution in [0.2, 0.25) is 0 Å². The minimum atomic E-state index is -0.438. The maximum Gasteiger partial charge on any atom is 0.252 e. The number of nitrogens with one attached hydrogen (secondary N) is 1. The third kappa shape index (κ3) is 1.49. The van der Waals surface area contributed by atoms with E-state index in [0.29, 0.717) is 11.1 Å². The Bertz CT molecular complexity index is 583. The van der Waals surface area contributed by atoms with Crippen molar-refractivity contribution in [3.05, 3.63) is 65.2 Å². The standard InChI is InChI=1S/C13H9FN2O/c14-10-5-1-4-9-11(10)12(16-13(9)17)8-3-2-6-15-7-8/h1-7,12H,(H,16,17). The average Bonchev–Trinajstić information content (AvgIpc) is 2.70. The second-order valence-electron chi connectivity index (χ2n) is 3.89. The Morgan fingerprint density at radius 3 is 2.88 bits per heavy atom. The summed E-state index contributed by atoms with van der Waals surface area (Å²) in [5.74, 6) is -0.608. The second-order valence-corrected chi connectivity index (χ2v) is 3.89. The van der Waals surface area contributed by atoms with Gasteiger partial charge in [-0.15, -0.1) is 0 Å². The highest BCUT2D eigenvalue weighted by molar-refractivity contribution is 5.99. The lowest BCUT2D eigenvalue weighted by Crippen LogP contribution is -2.20. The highest BCUT2D eigenvalue weighted by atomic mass is 19.1. The molecule has 1 atom stereocenters. The molecule has 17 heavy (non-hydrogen) atoms. The quantitative estimate of drug-likeness (QED) is 0.811. The van der Waals surface area contributed by atoms with Crippen molar-refractivity contribution in [3.8, 4) is 0 Å². The van der Waals surface area contributed by atoms with Gasteiger partial charge in [0.15, 0.2) is 0 Å². The summed E-state index contributed by atoms with van der Waals surface area (Å²) in [6, 6.07) is 7.68. The molecule has 1 aliphatic rings. The molecule has 0 saturated heterocycles. The van der Waals surface area contributed by atoms with Crippen molar-refractivity contribution in [2.45, 2.75) is 6.04 Å². The molecule has 84 valence electrons. The molecule has 1 N–H and O–H groups in total. The van der Waals surface area contributed by atoms with Gasteiger partial charge in [-0.05, 0) is 23.8 Å². The Hall–Kier alpha value is -2.23. The van der Waals surface area contributed by atoms with Gasteiger partial charge in [-0.3, -0.25) is 9.78 Å². The van der Waals surface area contributed by atoms with Gasteiger partial charge in [-0.1, -0.05) is 12.1 Å². The number of amides is 1. The molecule has 1 aromatic carbocycles. The maximum atomic E-state index is 13.8. The molecule has 1 amide bonds. The summed E-state index contributed by atoms with van der Waals surface area (Å²) in [7, 11) is 0. The van der Waals surface area contributed by atoms with Crippen LogP contribution >= 0.6 is 0 Å². The first-order chi connectivity index (χ1) is 8.27. The summed E-state index contributed by atoms with van der Waals surface area (Å²) in [6.07, 6.45) is 3.27. The Balaban J connectivity index is 2.16. The third-order valence-electron chi connectivity index (χ3n) is 2.88. The minimum absolute atomic E-state index is 0.242. The molecule has 4 heteroatoms. The number of carbonyl (C=O) groups excluding carboxylic acids is 1. The Morgan fingerprint density at radius 2 is 2.12 bits per heavy atom. The second kappa shape index (κ2) is 3.66. The molecule has 2 heterocycles. The highest BCUT2D eigenvalue weighted by Gasteiger charge is 2.32. The number of benzene rings is 1. The number of carbonyl (C=O) groups is 1. The molecule has 1 aromatic heterocycles. The highest BCUT2D eigenvalue weighted by Crippen LogP contribution is 2.32. The summed E-state index contributed by atoms with van der Waals surface area (Å²) in [5.41, 5.74) is 1.59. The molecule has 0 aliphatic carbocycles. The Kier molecular flexibility index (Phi) is 2.14. The molecular formula is C13H9FN2O. The molecule has 2 aromatic rings. The van der Waals surface area contributed by atoms with Crippen LogP contribution in [0, 0.1) is 5.82 Å². The van der Waals surface area contributed by atoms with Crippen LogP contribution in [0.15, 0.2) is 42.7 Å². The van der Waals surface area contributed by atoms with Crippen molar-refractivity contribution in [3.63, 3.8) is 0 Å². The molecule has 3 rings (SSSR count). The van der Waals surface area contributed by atoms with Gasteiger partial charge in [0, 0.05) is 23.5 Å². The van der Waals surface area contributed by atoms with E-state index >= 15 is 0 Å². The summed E-state index contributed by atoms with van der Waals surface area (Å²) in [5, 5.41) is 2.76. The molecule has 3 nitrogen and oxygen atoms in total. The summed E-state index contributed by atoms with van der Waals surface area (Å²) >= 11 is 0. The van der Waals surface area contributed by atoms with E-state index in [1.165, 1.54) is 6.07 Å². The van der Waals surface area contributed by atoms with Crippen LogP contribution < -0.4 is 5.32 Å². The first-order valence-electron chi connectivity index (χ1n) is 5.26. The van der Waals surface area contributed by atoms with E-state index in [2.05, 4.69) is 10.3 Å². The topological polar surface area (TPSA) is 42.0 Å². The summed E-state index contributed by atoms with van der Waals surface area (Å²) in [4.78, 5) is 15.7. The molecule has 0 saturated carbocycles. The number of hydrogen-bond donors (Lipinski definition) is 1. The molecule has 0 spiro atoms. The molecule has 0 bridgehead atoms. The van der Waals surface area contributed by atoms with Crippen molar-refractivity contribution in [2.24, 2.45) is 0 Å². The minimum Gasteiger partial charge on any atom is -0.341 e. The predicted octanol–water partition coefficient (Wildman–Crippen LogP) is 2.05. The van der Waals surface area contributed by atoms with Crippen LogP contribution in [0.5, 0.6) is 0 Å². The maximum absolute atomic E-state index is 13.8. The number of halogens is 1. The number of nitrogens with zero attached hydrogens (tertiary/aromatic N) is 1. The first kappa shape index (κ1) is 9.96. The lowest BCUT2D eigenvalue weighted by Gasteiger charge is -2.11. The largest absolute Gasteiger partial charge is 0.341 e. The van der Waals surface area contributed by atoms with E-state index < -0.39 is 6.04 Å². The van der Waals surface area contributed by atoms with Crippen molar-refractivity contribution in [1.29, 1.82) is 0 Å². The monoisotopic (exact) mass is 228 g/mol. The molecule has 0 radical (unpaired) electrons. The normalized spacial score (nSPS) is 17.7. The fourth-order valence-electron chi connectivity index (χ4n) is 2.11. The van der Waals surface area contributed by atoms with E-state index in [0.717, 1.165) is 5.56 Å². The van der Waals surface area contributed by atoms with E-state index in [9.17, 15) is 9.18 Å². The smallest absolute Gasteiger partial charge is 0.252 e. The van der Waals surface area contributed by atoms with Crippen molar-refractivity contribution in [2.75, 3.05) is 0 Å². The van der Waals surface area contributed by atoms with Crippen LogP contribution in [-0.4, -0.2) is 10.9 Å². The van der Waals surface area contributed by atoms with Crippen LogP contribution in [0.4, 0.5) is 4.39 Å². The van der Waals surface area contributed by atoms with Gasteiger partial charge in [0.25, 0.3) is 5.91 Å². The van der Waals surface area contributed by atoms with E-state index in [-0.39, 0.29) is 11.7 Å². The van der Waals surface area contributed by atoms with Crippen LogP contribution in [0.25, 0.3) is 0 Å². The third-order valence-corrected chi connectivity index (χ3v) is 2.88. The van der Waals surface area contributed by atoms with Gasteiger partial charge in [0.05, 0.1) is 6.04 Å². The zero-order valence-electron chi connectivity index (χ0n) is 8.85. The molecule has 1 unspecified atom stereocenters. The number of rotatable bonds is 1. The average molecular weight is 228 g/mol. The van der Waals surface area contributed by atoms with E-state index in [4.69, 9.17) is 0 Å². The van der Waals surface area contributed by atoms with Gasteiger partial charge in [0.1, 0.15) is 5.82 Å². The zero-order valence-corrected chi connectivity index (χ0v) is 8.85. The van der Waals surface area contributed by atoms with Gasteiger partial charge in [-0.25, -0.2) is 4.39 Å². The van der Waals surface area contributed by atoms with E-state index in [1.807, 2.05) is 6.07 Å². The molecule has 1 aliphatic heterocycles. The van der Waals surface area contributed by atoms with Crippen molar-refractivity contribution in [1.82, 2.24) is 10.3 Å². The lowest BCUT2D eigenvalue weighted by molar-refractivity contribution is 0.0960. The van der Waals surface area contributed by atoms with Crippen LogP contribution in [-0.2, 0) is 0 Å². The zero-order chi connectivity index (χ0) is 11.8. The van der Waals surface area contributed by atoms with Crippen LogP contribution in [0.3, 0.4) is 0 Å². The SMILES string of the molecule is O=C1NC(c2cccnc2)c2c(F)cccc21. The molecule has 0 fully saturated rings. The number of hydrogen-bond acceptors (Lipinski definition) is 2. The van der Waals surface area contributed by atoms with Crippen molar-refractivity contribution >= 4 is 5.91 Å². The Labute approximate surface area is 97.3 Å². The Morgan fingerprint density at radius 1 is 1.24 bits per heavy atom. The summed E-state index contributed by atoms with van der Waals surface area (Å²) < 4.78 is 13.8. The number of fused-ring (bicyclic) bond motifs is 1. The van der Waals surface area contributed by atoms with E-state index in [1.54, 1.807) is 30.6 Å².